The van der Waals surface area contributed by atoms with Gasteiger partial charge in [-0.3, -0.25) is 9.52 Å². The number of carboxylic acids is 1. The summed E-state index contributed by atoms with van der Waals surface area (Å²) in [6.45, 7) is 3.73. The van der Waals surface area contributed by atoms with Crippen molar-refractivity contribution in [2.45, 2.75) is 62.7 Å². The predicted molar refractivity (Wildman–Crippen MR) is 167 cm³/mol. The van der Waals surface area contributed by atoms with Crippen molar-refractivity contribution in [2.24, 2.45) is 0 Å². The van der Waals surface area contributed by atoms with Crippen molar-refractivity contribution in [1.82, 2.24) is 4.57 Å². The third-order valence-electron chi connectivity index (χ3n) is 6.99. The van der Waals surface area contributed by atoms with Crippen LogP contribution >= 0.6 is 0 Å². The molecule has 0 spiro atoms. The molecule has 4 N–H and O–H groups in total. The summed E-state index contributed by atoms with van der Waals surface area (Å²) in [7, 11) is -4.27. The number of nitrogens with one attached hydrogen (secondary N) is 1. The number of nitrogens with zero attached hydrogens (tertiary/aromatic N) is 1. The van der Waals surface area contributed by atoms with Gasteiger partial charge in [-0.05, 0) is 78.4 Å². The van der Waals surface area contributed by atoms with Gasteiger partial charge >= 0.3 is 35.5 Å². The Morgan fingerprint density at radius 3 is 1.93 bits per heavy atom. The molecule has 4 rings (SSSR count). The van der Waals surface area contributed by atoms with E-state index >= 15 is 0 Å². The van der Waals surface area contributed by atoms with Gasteiger partial charge in [0.1, 0.15) is 16.5 Å². The average Bonchev–Trinajstić information content (AvgIpc) is 3.29. The number of halogens is 2. The van der Waals surface area contributed by atoms with E-state index in [1.165, 1.54) is 48.5 Å². The Balaban J connectivity index is 0.00000529. The van der Waals surface area contributed by atoms with Crippen LogP contribution in [0.4, 0.5) is 14.5 Å². The van der Waals surface area contributed by atoms with Crippen LogP contribution in [-0.2, 0) is 21.4 Å². The van der Waals surface area contributed by atoms with Crippen LogP contribution in [0.2, 0.25) is 0 Å². The Hall–Kier alpha value is -3.06. The summed E-state index contributed by atoms with van der Waals surface area (Å²) < 4.78 is 60.9. The van der Waals surface area contributed by atoms with E-state index in [4.69, 9.17) is 5.11 Å². The molecule has 230 valence electrons. The van der Waals surface area contributed by atoms with E-state index in [9.17, 15) is 32.2 Å². The monoisotopic (exact) mass is 636 g/mol. The molecule has 1 aromatic heterocycles. The summed E-state index contributed by atoms with van der Waals surface area (Å²) in [5.74, 6) is -2.57. The second kappa shape index (κ2) is 15.3. The summed E-state index contributed by atoms with van der Waals surface area (Å²) >= 11 is 0. The molecular weight excluding hydrogens is 601 g/mol. The topological polar surface area (TPSA) is 129 Å². The number of anilines is 1. The van der Waals surface area contributed by atoms with Gasteiger partial charge in [-0.25, -0.2) is 17.2 Å². The molecule has 0 bridgehead atoms. The minimum absolute atomic E-state index is 0. The van der Waals surface area contributed by atoms with Crippen LogP contribution in [0.1, 0.15) is 44.7 Å². The van der Waals surface area contributed by atoms with Crippen molar-refractivity contribution in [2.75, 3.05) is 4.72 Å². The third-order valence-corrected chi connectivity index (χ3v) is 8.44. The third kappa shape index (κ3) is 8.56. The van der Waals surface area contributed by atoms with Crippen LogP contribution in [0, 0.1) is 11.6 Å². The molecule has 0 aliphatic carbocycles. The molecule has 12 heteroatoms. The zero-order valence-electron chi connectivity index (χ0n) is 23.7. The number of rotatable bonds is 13. The maximum absolute atomic E-state index is 14.2. The first-order chi connectivity index (χ1) is 20.4. The number of aromatic nitrogens is 1. The van der Waals surface area contributed by atoms with Gasteiger partial charge in [-0.2, -0.15) is 0 Å². The zero-order valence-corrected chi connectivity index (χ0v) is 24.6. The molecule has 0 aliphatic heterocycles. The van der Waals surface area contributed by atoms with Crippen molar-refractivity contribution < 1.29 is 37.3 Å². The van der Waals surface area contributed by atoms with Crippen LogP contribution < -0.4 is 4.72 Å². The molecule has 0 radical (unpaired) electrons. The maximum atomic E-state index is 14.2. The minimum atomic E-state index is -4.27. The molecular formula is C32H35F2N2NaO6S. The van der Waals surface area contributed by atoms with E-state index in [0.29, 0.717) is 28.2 Å². The average molecular weight is 637 g/mol. The molecule has 2 atom stereocenters. The van der Waals surface area contributed by atoms with Gasteiger partial charge in [-0.15, -0.1) is 0 Å². The predicted octanol–water partition coefficient (Wildman–Crippen LogP) is 5.35. The zero-order chi connectivity index (χ0) is 31.3. The molecule has 0 amide bonds. The summed E-state index contributed by atoms with van der Waals surface area (Å²) in [5, 5.41) is 29.7. The number of carboxylic acid groups (broad SMARTS) is 1. The molecule has 0 fully saturated rings. The Morgan fingerprint density at radius 2 is 1.41 bits per heavy atom. The first-order valence-corrected chi connectivity index (χ1v) is 15.3. The summed E-state index contributed by atoms with van der Waals surface area (Å²) in [4.78, 5) is 10.9. The Morgan fingerprint density at radius 1 is 0.864 bits per heavy atom. The number of carbonyl (C=O) groups is 1. The van der Waals surface area contributed by atoms with Crippen LogP contribution in [0.25, 0.3) is 22.4 Å². The molecule has 0 saturated carbocycles. The standard InChI is InChI=1S/C32H34F2N2O6S.Na.H/c1-20(2)30-32(43(41,42)35-25-6-4-3-5-7-25)29(21-8-12-23(33)13-9-21)31(22-10-14-24(34)15-11-22)36(30)17-16-26(37)18-27(38)19-28(39)40;;/h3-15,20,26-27,35,37-38H,16-19H2,1-2H3,(H,39,40);;/t26-,27-;;/m1../s1. The molecule has 3 aromatic carbocycles. The van der Waals surface area contributed by atoms with E-state index in [2.05, 4.69) is 4.72 Å². The van der Waals surface area contributed by atoms with E-state index in [-0.39, 0.29) is 65.3 Å². The van der Waals surface area contributed by atoms with E-state index in [1.54, 1.807) is 34.9 Å². The molecule has 4 aromatic rings. The fourth-order valence-corrected chi connectivity index (χ4v) is 6.84. The summed E-state index contributed by atoms with van der Waals surface area (Å²) in [6, 6.07) is 19.3. The number of aliphatic hydroxyl groups is 2. The van der Waals surface area contributed by atoms with E-state index < -0.39 is 46.3 Å². The Labute approximate surface area is 277 Å². The summed E-state index contributed by atoms with van der Waals surface area (Å²) in [5.41, 5.74) is 2.33. The van der Waals surface area contributed by atoms with Crippen molar-refractivity contribution in [3.8, 4) is 22.4 Å². The molecule has 44 heavy (non-hydrogen) atoms. The van der Waals surface area contributed by atoms with Crippen molar-refractivity contribution in [1.29, 1.82) is 0 Å². The Bertz CT molecular complexity index is 1660. The van der Waals surface area contributed by atoms with Crippen LogP contribution in [0.3, 0.4) is 0 Å². The molecule has 8 nitrogen and oxygen atoms in total. The number of hydrogen-bond acceptors (Lipinski definition) is 5. The number of hydrogen-bond donors (Lipinski definition) is 4. The fraction of sp³-hybridized carbons (Fsp3) is 0.281. The van der Waals surface area contributed by atoms with Gasteiger partial charge in [0.25, 0.3) is 10.0 Å². The van der Waals surface area contributed by atoms with Crippen molar-refractivity contribution in [3.63, 3.8) is 0 Å². The first-order valence-electron chi connectivity index (χ1n) is 13.8. The van der Waals surface area contributed by atoms with Crippen molar-refractivity contribution >= 4 is 51.2 Å². The normalized spacial score (nSPS) is 12.9. The number of aliphatic carboxylic acids is 1. The van der Waals surface area contributed by atoms with Gasteiger partial charge in [-0.1, -0.05) is 44.2 Å². The molecule has 1 heterocycles. The number of para-hydroxylation sites is 1. The van der Waals surface area contributed by atoms with Gasteiger partial charge in [0.15, 0.2) is 0 Å². The first kappa shape index (κ1) is 35.4. The number of sulfonamides is 1. The molecule has 0 saturated heterocycles. The van der Waals surface area contributed by atoms with Crippen LogP contribution in [0.15, 0.2) is 83.8 Å². The molecule has 0 unspecified atom stereocenters. The van der Waals surface area contributed by atoms with Gasteiger partial charge < -0.3 is 19.9 Å². The van der Waals surface area contributed by atoms with Crippen molar-refractivity contribution in [3.05, 3.63) is 96.2 Å². The second-order valence-electron chi connectivity index (χ2n) is 10.7. The number of benzene rings is 3. The SMILES string of the molecule is CC(C)c1c(S(=O)(=O)Nc2ccccc2)c(-c2ccc(F)cc2)c(-c2ccc(F)cc2)n1CC[C@@H](O)C[C@@H](O)CC(=O)O.[NaH]. The van der Waals surface area contributed by atoms with Crippen LogP contribution in [-0.4, -0.2) is 76.0 Å². The van der Waals surface area contributed by atoms with Gasteiger partial charge in [0.05, 0.1) is 24.3 Å². The quantitative estimate of drug-likeness (QED) is 0.147. The summed E-state index contributed by atoms with van der Waals surface area (Å²) in [6.07, 6.45) is -3.04. The Kier molecular flexibility index (Phi) is 12.3. The van der Waals surface area contributed by atoms with Gasteiger partial charge in [0.2, 0.25) is 0 Å². The molecule has 0 aliphatic rings. The second-order valence-corrected chi connectivity index (χ2v) is 12.3. The van der Waals surface area contributed by atoms with E-state index in [0.717, 1.165) is 0 Å². The van der Waals surface area contributed by atoms with Gasteiger partial charge in [0, 0.05) is 23.5 Å². The van der Waals surface area contributed by atoms with Crippen LogP contribution in [0.5, 0.6) is 0 Å². The fourth-order valence-electron chi connectivity index (χ4n) is 5.19. The number of aliphatic hydroxyl groups excluding tert-OH is 2. The van der Waals surface area contributed by atoms with E-state index in [1.807, 2.05) is 13.8 Å².